The van der Waals surface area contributed by atoms with Gasteiger partial charge in [0, 0.05) is 6.42 Å². The highest BCUT2D eigenvalue weighted by molar-refractivity contribution is 7.81. The van der Waals surface area contributed by atoms with Crippen molar-refractivity contribution in [3.63, 3.8) is 0 Å². The summed E-state index contributed by atoms with van der Waals surface area (Å²) < 4.78 is 35.2. The van der Waals surface area contributed by atoms with Crippen LogP contribution in [0, 0.1) is 63.6 Å². The number of carbonyl (C=O) groups excluding carboxylic acids is 1. The van der Waals surface area contributed by atoms with Gasteiger partial charge in [0.25, 0.3) is 0 Å². The molecule has 0 radical (unpaired) electrons. The normalized spacial score (nSPS) is 42.1. The summed E-state index contributed by atoms with van der Waals surface area (Å²) in [4.78, 5) is 12.0. The average molecular weight is 753 g/mol. The first-order valence-corrected chi connectivity index (χ1v) is 22.7. The molecule has 7 aliphatic rings. The number of hydrogen-bond acceptors (Lipinski definition) is 6. The van der Waals surface area contributed by atoms with E-state index in [0.29, 0.717) is 40.8 Å². The Bertz CT molecular complexity index is 1670. The molecule has 7 aliphatic carbocycles. The molecule has 53 heavy (non-hydrogen) atoms. The van der Waals surface area contributed by atoms with Gasteiger partial charge in [-0.3, -0.25) is 9.35 Å². The third kappa shape index (κ3) is 7.23. The quantitative estimate of drug-likeness (QED) is 0.237. The number of hydrogen-bond donors (Lipinski definition) is 3. The molecule has 0 heterocycles. The minimum Gasteiger partial charge on any atom is -0.390 e. The molecule has 5 saturated carbocycles. The molecule has 0 amide bonds. The molecule has 0 aliphatic heterocycles. The van der Waals surface area contributed by atoms with E-state index in [9.17, 15) is 23.4 Å². The first kappa shape index (κ1) is 39.5. The maximum Gasteiger partial charge on any atom is 0.446 e. The van der Waals surface area contributed by atoms with Gasteiger partial charge in [-0.15, -0.1) is 0 Å². The minimum absolute atomic E-state index is 0.132. The first-order chi connectivity index (χ1) is 24.9. The second-order valence-electron chi connectivity index (χ2n) is 20.1. The number of aliphatic hydroxyl groups excluding tert-OH is 2. The molecule has 13 atom stereocenters. The van der Waals surface area contributed by atoms with Crippen molar-refractivity contribution in [2.24, 2.45) is 63.6 Å². The largest absolute Gasteiger partial charge is 0.446 e. The highest BCUT2D eigenvalue weighted by atomic mass is 32.3. The zero-order chi connectivity index (χ0) is 38.1. The summed E-state index contributed by atoms with van der Waals surface area (Å²) in [6.07, 6.45) is 19.5. The van der Waals surface area contributed by atoms with Crippen LogP contribution in [0.15, 0.2) is 29.8 Å². The maximum atomic E-state index is 12.0. The monoisotopic (exact) mass is 752 g/mol. The highest BCUT2D eigenvalue weighted by Crippen LogP contribution is 2.68. The second-order valence-corrected chi connectivity index (χ2v) is 21.1. The summed E-state index contributed by atoms with van der Waals surface area (Å²) >= 11 is 0. The van der Waals surface area contributed by atoms with Gasteiger partial charge in [-0.25, -0.2) is 0 Å². The highest BCUT2D eigenvalue weighted by Gasteiger charge is 2.60. The van der Waals surface area contributed by atoms with E-state index in [1.165, 1.54) is 68.9 Å². The van der Waals surface area contributed by atoms with Crippen molar-refractivity contribution in [2.75, 3.05) is 0 Å². The average Bonchev–Trinajstić information content (AvgIpc) is 3.56. The topological polar surface area (TPSA) is 121 Å². The summed E-state index contributed by atoms with van der Waals surface area (Å²) in [6, 6.07) is 5.18. The number of benzene rings is 1. The number of allylic oxidation sites excluding steroid dienone is 1. The Morgan fingerprint density at radius 2 is 1.57 bits per heavy atom. The Morgan fingerprint density at radius 3 is 2.30 bits per heavy atom. The van der Waals surface area contributed by atoms with Gasteiger partial charge in [0.05, 0.1) is 12.2 Å². The molecule has 8 heteroatoms. The van der Waals surface area contributed by atoms with Crippen molar-refractivity contribution in [3.8, 4) is 5.75 Å². The fraction of sp³-hybridized carbons (Fsp3) is 0.800. The van der Waals surface area contributed by atoms with E-state index in [4.69, 9.17) is 4.55 Å². The Balaban J connectivity index is 0.000000165. The van der Waals surface area contributed by atoms with E-state index < -0.39 is 22.6 Å². The van der Waals surface area contributed by atoms with Crippen molar-refractivity contribution in [1.82, 2.24) is 0 Å². The molecule has 1 aromatic rings. The molecule has 0 bridgehead atoms. The molecule has 5 fully saturated rings. The van der Waals surface area contributed by atoms with Gasteiger partial charge in [-0.2, -0.15) is 8.42 Å². The van der Waals surface area contributed by atoms with Gasteiger partial charge in [0.1, 0.15) is 5.75 Å². The number of fused-ring (bicyclic) bond motifs is 10. The van der Waals surface area contributed by atoms with E-state index in [2.05, 4.69) is 51.8 Å². The van der Waals surface area contributed by atoms with Gasteiger partial charge in [0.15, 0.2) is 5.78 Å². The van der Waals surface area contributed by atoms with Crippen LogP contribution in [0.5, 0.6) is 5.75 Å². The van der Waals surface area contributed by atoms with Crippen LogP contribution >= 0.6 is 0 Å². The van der Waals surface area contributed by atoms with Gasteiger partial charge in [0.2, 0.25) is 0 Å². The van der Waals surface area contributed by atoms with E-state index in [1.807, 2.05) is 6.07 Å². The van der Waals surface area contributed by atoms with Crippen LogP contribution in [0.4, 0.5) is 0 Å². The van der Waals surface area contributed by atoms with E-state index in [1.54, 1.807) is 12.1 Å². The third-order valence-corrected chi connectivity index (χ3v) is 17.4. The second kappa shape index (κ2) is 14.6. The van der Waals surface area contributed by atoms with Gasteiger partial charge in [-0.1, -0.05) is 72.4 Å². The standard InChI is InChI=1S/C27H44O.C18H24O6S/c1-18(2)7-6-8-19(3)23-11-12-24-22-10-9-20-17-21(28)13-15-26(20,4)25(22)14-16-27(23,24)5;1-18-7-6-13-12-5-3-11(24-25(21,22)23)8-10(12)2-4-14(13)15(18)9-16(19)17(18)20/h17-19,22-25H,6-16H2,1-5H3;3,5,8,13-17,19-20H,2,4,6-7,9H2,1H3,(H,21,22,23)/t19-,22+,23-,24+,25+,26+,27-;13-,14-,15+,16-,17+,18+/m11/s1. The summed E-state index contributed by atoms with van der Waals surface area (Å²) in [7, 11) is -4.51. The minimum atomic E-state index is -4.51. The van der Waals surface area contributed by atoms with Crippen LogP contribution in [0.25, 0.3) is 0 Å². The number of rotatable bonds is 7. The summed E-state index contributed by atoms with van der Waals surface area (Å²) in [5, 5.41) is 20.6. The summed E-state index contributed by atoms with van der Waals surface area (Å²) in [6.45, 7) is 14.6. The lowest BCUT2D eigenvalue weighted by Crippen LogP contribution is -2.50. The fourth-order valence-corrected chi connectivity index (χ4v) is 14.7. The van der Waals surface area contributed by atoms with E-state index in [-0.39, 0.29) is 11.2 Å². The first-order valence-electron chi connectivity index (χ1n) is 21.3. The van der Waals surface area contributed by atoms with Crippen molar-refractivity contribution >= 4 is 16.2 Å². The van der Waals surface area contributed by atoms with Crippen LogP contribution < -0.4 is 4.18 Å². The molecule has 0 spiro atoms. The van der Waals surface area contributed by atoms with Crippen LogP contribution in [-0.2, 0) is 21.6 Å². The molecule has 3 N–H and O–H groups in total. The Morgan fingerprint density at radius 1 is 0.830 bits per heavy atom. The lowest BCUT2D eigenvalue weighted by molar-refractivity contribution is -0.117. The van der Waals surface area contributed by atoms with E-state index in [0.717, 1.165) is 79.6 Å². The molecule has 7 nitrogen and oxygen atoms in total. The molecule has 8 rings (SSSR count). The Kier molecular flexibility index (Phi) is 10.9. The smallest absolute Gasteiger partial charge is 0.390 e. The number of ketones is 1. The molecular weight excluding hydrogens is 685 g/mol. The summed E-state index contributed by atoms with van der Waals surface area (Å²) in [5.74, 6) is 7.01. The maximum absolute atomic E-state index is 12.0. The molecule has 0 unspecified atom stereocenters. The van der Waals surface area contributed by atoms with Gasteiger partial charge >= 0.3 is 10.4 Å². The Labute approximate surface area is 320 Å². The van der Waals surface area contributed by atoms with Crippen molar-refractivity contribution < 1.29 is 32.2 Å². The molecule has 0 saturated heterocycles. The van der Waals surface area contributed by atoms with Crippen LogP contribution in [0.3, 0.4) is 0 Å². The zero-order valence-electron chi connectivity index (χ0n) is 33.4. The van der Waals surface area contributed by atoms with Crippen LogP contribution in [0.1, 0.15) is 155 Å². The molecule has 1 aromatic carbocycles. The summed E-state index contributed by atoms with van der Waals surface area (Å²) in [5.41, 5.74) is 4.48. The molecular formula is C45H68O7S. The predicted molar refractivity (Wildman–Crippen MR) is 209 cm³/mol. The van der Waals surface area contributed by atoms with Crippen LogP contribution in [0.2, 0.25) is 0 Å². The van der Waals surface area contributed by atoms with Crippen molar-refractivity contribution in [3.05, 3.63) is 41.0 Å². The van der Waals surface area contributed by atoms with Crippen LogP contribution in [-0.4, -0.2) is 41.2 Å². The number of aliphatic hydroxyl groups is 2. The fourth-order valence-electron chi connectivity index (χ4n) is 14.3. The van der Waals surface area contributed by atoms with Crippen molar-refractivity contribution in [2.45, 2.75) is 162 Å². The van der Waals surface area contributed by atoms with Gasteiger partial charge < -0.3 is 14.4 Å². The third-order valence-electron chi connectivity index (χ3n) is 17.0. The molecule has 0 aromatic heterocycles. The van der Waals surface area contributed by atoms with Crippen molar-refractivity contribution in [1.29, 1.82) is 0 Å². The zero-order valence-corrected chi connectivity index (χ0v) is 34.2. The Hall–Kier alpha value is -1.74. The molecule has 296 valence electrons. The predicted octanol–water partition coefficient (Wildman–Crippen LogP) is 9.65. The number of carbonyl (C=O) groups is 1. The number of aryl methyl sites for hydroxylation is 1. The lowest BCUT2D eigenvalue weighted by Gasteiger charge is -2.58. The van der Waals surface area contributed by atoms with Gasteiger partial charge in [-0.05, 0) is 176 Å². The van der Waals surface area contributed by atoms with E-state index >= 15 is 0 Å². The lowest BCUT2D eigenvalue weighted by atomic mass is 9.46. The SMILES string of the molecule is CC(C)CCC[C@@H](C)[C@H]1CC[C@H]2[C@@H]3CCC4=CC(=O)CC[C@]4(C)[C@H]3CC[C@]12C.C[C@]12CC[C@@H]3c4ccc(OS(=O)(=O)O)cc4CC[C@H]3[C@@H]1C[C@@H](O)[C@@H]2O.